The molecule has 0 radical (unpaired) electrons. The van der Waals surface area contributed by atoms with Gasteiger partial charge in [0.15, 0.2) is 0 Å². The molecule has 0 saturated heterocycles. The molecule has 3 rings (SSSR count). The largest absolute Gasteiger partial charge is 0.387 e. The van der Waals surface area contributed by atoms with E-state index in [2.05, 4.69) is 17.2 Å². The van der Waals surface area contributed by atoms with Crippen LogP contribution in [0.15, 0.2) is 24.4 Å². The molecule has 1 heterocycles. The Morgan fingerprint density at radius 1 is 1.47 bits per heavy atom. The minimum absolute atomic E-state index is 0.171. The first-order chi connectivity index (χ1) is 9.07. The maximum atomic E-state index is 13.5. The molecule has 0 spiro atoms. The number of benzene rings is 1. The van der Waals surface area contributed by atoms with E-state index in [-0.39, 0.29) is 11.4 Å². The SMILES string of the molecule is CC1(NC[C@H](O)c2ccc3[nH]cc(F)c3c2)CCC1. The van der Waals surface area contributed by atoms with Gasteiger partial charge in [-0.05, 0) is 43.9 Å². The Bertz CT molecular complexity index is 589. The van der Waals surface area contributed by atoms with Gasteiger partial charge in [0.1, 0.15) is 5.82 Å². The molecule has 2 aromatic rings. The average molecular weight is 262 g/mol. The van der Waals surface area contributed by atoms with Crippen LogP contribution in [0.3, 0.4) is 0 Å². The first-order valence-corrected chi connectivity index (χ1v) is 6.77. The first kappa shape index (κ1) is 12.6. The van der Waals surface area contributed by atoms with Crippen LogP contribution in [-0.4, -0.2) is 22.2 Å². The van der Waals surface area contributed by atoms with Crippen molar-refractivity contribution in [1.29, 1.82) is 0 Å². The molecule has 1 aromatic carbocycles. The molecule has 1 saturated carbocycles. The van der Waals surface area contributed by atoms with Crippen molar-refractivity contribution in [3.63, 3.8) is 0 Å². The van der Waals surface area contributed by atoms with Crippen molar-refractivity contribution in [3.8, 4) is 0 Å². The number of halogens is 1. The second kappa shape index (κ2) is 4.62. The Kier molecular flexibility index (Phi) is 3.07. The lowest BCUT2D eigenvalue weighted by Crippen LogP contribution is -2.49. The standard InChI is InChI=1S/C15H19FN2O/c1-15(5-2-6-15)18-9-14(19)10-3-4-13-11(7-10)12(16)8-17-13/h3-4,7-8,14,17-19H,2,5-6,9H2,1H3/t14-/m0/s1. The van der Waals surface area contributed by atoms with Crippen LogP contribution >= 0.6 is 0 Å². The number of nitrogens with one attached hydrogen (secondary N) is 2. The monoisotopic (exact) mass is 262 g/mol. The average Bonchev–Trinajstić information content (AvgIpc) is 2.75. The van der Waals surface area contributed by atoms with Gasteiger partial charge in [0.05, 0.1) is 6.10 Å². The van der Waals surface area contributed by atoms with Crippen molar-refractivity contribution in [2.75, 3.05) is 6.54 Å². The molecule has 1 fully saturated rings. The molecule has 0 aliphatic heterocycles. The molecular formula is C15H19FN2O. The molecule has 1 aliphatic carbocycles. The first-order valence-electron chi connectivity index (χ1n) is 6.77. The molecule has 1 aromatic heterocycles. The van der Waals surface area contributed by atoms with Crippen LogP contribution in [0.2, 0.25) is 0 Å². The van der Waals surface area contributed by atoms with Gasteiger partial charge in [0.25, 0.3) is 0 Å². The van der Waals surface area contributed by atoms with Crippen LogP contribution in [0, 0.1) is 5.82 Å². The summed E-state index contributed by atoms with van der Waals surface area (Å²) in [5.74, 6) is -0.275. The van der Waals surface area contributed by atoms with Gasteiger partial charge in [-0.2, -0.15) is 0 Å². The minimum atomic E-state index is -0.601. The molecule has 3 N–H and O–H groups in total. The molecule has 1 aliphatic rings. The molecule has 0 bridgehead atoms. The number of aliphatic hydroxyl groups excluding tert-OH is 1. The Morgan fingerprint density at radius 3 is 2.95 bits per heavy atom. The number of fused-ring (bicyclic) bond motifs is 1. The Hall–Kier alpha value is -1.39. The van der Waals surface area contributed by atoms with E-state index >= 15 is 0 Å². The zero-order chi connectivity index (χ0) is 13.5. The fourth-order valence-electron chi connectivity index (χ4n) is 2.66. The van der Waals surface area contributed by atoms with Crippen molar-refractivity contribution in [1.82, 2.24) is 10.3 Å². The van der Waals surface area contributed by atoms with Gasteiger partial charge in [-0.3, -0.25) is 0 Å². The van der Waals surface area contributed by atoms with Crippen LogP contribution in [0.1, 0.15) is 37.9 Å². The number of aromatic nitrogens is 1. The highest BCUT2D eigenvalue weighted by Crippen LogP contribution is 2.31. The molecule has 4 heteroatoms. The summed E-state index contributed by atoms with van der Waals surface area (Å²) in [5, 5.41) is 14.1. The van der Waals surface area contributed by atoms with Crippen LogP contribution in [0.5, 0.6) is 0 Å². The lowest BCUT2D eigenvalue weighted by atomic mass is 9.78. The summed E-state index contributed by atoms with van der Waals surface area (Å²) in [5.41, 5.74) is 1.68. The number of hydrogen-bond acceptors (Lipinski definition) is 2. The van der Waals surface area contributed by atoms with E-state index in [9.17, 15) is 9.50 Å². The van der Waals surface area contributed by atoms with E-state index in [0.717, 1.165) is 23.9 Å². The topological polar surface area (TPSA) is 48.0 Å². The molecule has 0 amide bonds. The highest BCUT2D eigenvalue weighted by Gasteiger charge is 2.31. The van der Waals surface area contributed by atoms with Gasteiger partial charge in [0, 0.05) is 29.2 Å². The van der Waals surface area contributed by atoms with Crippen LogP contribution in [-0.2, 0) is 0 Å². The highest BCUT2D eigenvalue weighted by molar-refractivity contribution is 5.80. The van der Waals surface area contributed by atoms with E-state index < -0.39 is 6.10 Å². The second-order valence-electron chi connectivity index (χ2n) is 5.75. The van der Waals surface area contributed by atoms with Crippen molar-refractivity contribution < 1.29 is 9.50 Å². The molecule has 19 heavy (non-hydrogen) atoms. The third kappa shape index (κ3) is 2.38. The van der Waals surface area contributed by atoms with E-state index in [1.54, 1.807) is 6.07 Å². The van der Waals surface area contributed by atoms with Crippen LogP contribution < -0.4 is 5.32 Å². The number of aliphatic hydroxyl groups is 1. The Morgan fingerprint density at radius 2 is 2.26 bits per heavy atom. The summed E-state index contributed by atoms with van der Waals surface area (Å²) in [4.78, 5) is 2.86. The van der Waals surface area contributed by atoms with Crippen LogP contribution in [0.4, 0.5) is 4.39 Å². The summed E-state index contributed by atoms with van der Waals surface area (Å²) in [6.07, 6.45) is 4.31. The fourth-order valence-corrected chi connectivity index (χ4v) is 2.66. The number of hydrogen-bond donors (Lipinski definition) is 3. The number of rotatable bonds is 4. The predicted octanol–water partition coefficient (Wildman–Crippen LogP) is 2.87. The summed E-state index contributed by atoms with van der Waals surface area (Å²) < 4.78 is 13.5. The van der Waals surface area contributed by atoms with Gasteiger partial charge in [-0.15, -0.1) is 0 Å². The Labute approximate surface area is 111 Å². The van der Waals surface area contributed by atoms with Crippen LogP contribution in [0.25, 0.3) is 10.9 Å². The van der Waals surface area contributed by atoms with E-state index in [4.69, 9.17) is 0 Å². The molecular weight excluding hydrogens is 243 g/mol. The molecule has 0 unspecified atom stereocenters. The summed E-state index contributed by atoms with van der Waals surface area (Å²) in [6, 6.07) is 5.37. The molecule has 102 valence electrons. The third-order valence-electron chi connectivity index (χ3n) is 4.22. The number of β-amino-alcohol motifs (C(OH)–C–C–N with tert-alkyl or cyclic N) is 1. The lowest BCUT2D eigenvalue weighted by Gasteiger charge is -2.40. The zero-order valence-corrected chi connectivity index (χ0v) is 11.0. The van der Waals surface area contributed by atoms with E-state index in [0.29, 0.717) is 11.9 Å². The van der Waals surface area contributed by atoms with Gasteiger partial charge < -0.3 is 15.4 Å². The van der Waals surface area contributed by atoms with E-state index in [1.165, 1.54) is 12.6 Å². The lowest BCUT2D eigenvalue weighted by molar-refractivity contribution is 0.132. The maximum absolute atomic E-state index is 13.5. The third-order valence-corrected chi connectivity index (χ3v) is 4.22. The van der Waals surface area contributed by atoms with Crippen molar-refractivity contribution >= 4 is 10.9 Å². The van der Waals surface area contributed by atoms with Gasteiger partial charge in [-0.1, -0.05) is 6.07 Å². The summed E-state index contributed by atoms with van der Waals surface area (Å²) in [7, 11) is 0. The normalized spacial score (nSPS) is 19.3. The van der Waals surface area contributed by atoms with Crippen molar-refractivity contribution in [2.45, 2.75) is 37.8 Å². The minimum Gasteiger partial charge on any atom is -0.387 e. The molecule has 1 atom stereocenters. The van der Waals surface area contributed by atoms with Gasteiger partial charge >= 0.3 is 0 Å². The number of aromatic amines is 1. The van der Waals surface area contributed by atoms with Crippen molar-refractivity contribution in [3.05, 3.63) is 35.8 Å². The second-order valence-corrected chi connectivity index (χ2v) is 5.75. The Balaban J connectivity index is 1.73. The fraction of sp³-hybridized carbons (Fsp3) is 0.467. The van der Waals surface area contributed by atoms with Gasteiger partial charge in [-0.25, -0.2) is 4.39 Å². The predicted molar refractivity (Wildman–Crippen MR) is 73.5 cm³/mol. The summed E-state index contributed by atoms with van der Waals surface area (Å²) >= 11 is 0. The smallest absolute Gasteiger partial charge is 0.148 e. The highest BCUT2D eigenvalue weighted by atomic mass is 19.1. The zero-order valence-electron chi connectivity index (χ0n) is 11.0. The van der Waals surface area contributed by atoms with E-state index in [1.807, 2.05) is 12.1 Å². The van der Waals surface area contributed by atoms with Crippen molar-refractivity contribution in [2.24, 2.45) is 0 Å². The molecule has 3 nitrogen and oxygen atoms in total. The number of H-pyrrole nitrogens is 1. The summed E-state index contributed by atoms with van der Waals surface area (Å²) in [6.45, 7) is 2.69. The maximum Gasteiger partial charge on any atom is 0.148 e. The van der Waals surface area contributed by atoms with Gasteiger partial charge in [0.2, 0.25) is 0 Å². The quantitative estimate of drug-likeness (QED) is 0.793.